The number of aromatic nitrogens is 5. The van der Waals surface area contributed by atoms with E-state index in [9.17, 15) is 9.59 Å². The maximum absolute atomic E-state index is 12.1. The molecule has 0 fully saturated rings. The molecule has 8 heteroatoms. The second-order valence-corrected chi connectivity index (χ2v) is 5.22. The number of rotatable bonds is 5. The molecule has 8 nitrogen and oxygen atoms in total. The van der Waals surface area contributed by atoms with Crippen LogP contribution in [0.2, 0.25) is 0 Å². The monoisotopic (exact) mass is 300 g/mol. The Kier molecular flexibility index (Phi) is 3.73. The average molecular weight is 300 g/mol. The summed E-state index contributed by atoms with van der Waals surface area (Å²) < 4.78 is 1.83. The summed E-state index contributed by atoms with van der Waals surface area (Å²) in [6.07, 6.45) is 3.61. The van der Waals surface area contributed by atoms with Crippen LogP contribution in [0.1, 0.15) is 17.4 Å². The highest BCUT2D eigenvalue weighted by Gasteiger charge is 2.11. The third kappa shape index (κ3) is 3.05. The summed E-state index contributed by atoms with van der Waals surface area (Å²) in [6.45, 7) is 3.27. The summed E-state index contributed by atoms with van der Waals surface area (Å²) in [7, 11) is 0. The van der Waals surface area contributed by atoms with Crippen molar-refractivity contribution in [2.24, 2.45) is 5.92 Å². The van der Waals surface area contributed by atoms with E-state index in [1.807, 2.05) is 23.9 Å². The Morgan fingerprint density at radius 3 is 3.05 bits per heavy atom. The molecule has 3 N–H and O–H groups in total. The normalized spacial score (nSPS) is 12.4. The highest BCUT2D eigenvalue weighted by Crippen LogP contribution is 2.06. The number of amides is 1. The smallest absolute Gasteiger partial charge is 0.325 e. The minimum absolute atomic E-state index is 0.236. The summed E-state index contributed by atoms with van der Waals surface area (Å²) in [5.41, 5.74) is 0.887. The quantitative estimate of drug-likeness (QED) is 0.638. The van der Waals surface area contributed by atoms with Gasteiger partial charge in [-0.2, -0.15) is 5.10 Å². The number of pyridine rings is 1. The molecule has 0 unspecified atom stereocenters. The van der Waals surface area contributed by atoms with Gasteiger partial charge in [-0.15, -0.1) is 0 Å². The van der Waals surface area contributed by atoms with Crippen LogP contribution in [-0.4, -0.2) is 37.2 Å². The SMILES string of the molecule is C[C@@H](CNC(=O)c1ccc2[nH]c(=O)[nH]c2n1)Cn1cccn1. The highest BCUT2D eigenvalue weighted by atomic mass is 16.2. The molecule has 1 atom stereocenters. The number of fused-ring (bicyclic) bond motifs is 1. The van der Waals surface area contributed by atoms with E-state index < -0.39 is 0 Å². The Morgan fingerprint density at radius 1 is 1.41 bits per heavy atom. The van der Waals surface area contributed by atoms with Gasteiger partial charge in [0.05, 0.1) is 5.52 Å². The lowest BCUT2D eigenvalue weighted by Gasteiger charge is -2.12. The second-order valence-electron chi connectivity index (χ2n) is 5.22. The lowest BCUT2D eigenvalue weighted by molar-refractivity contribution is 0.0942. The summed E-state index contributed by atoms with van der Waals surface area (Å²) in [6, 6.07) is 5.10. The zero-order valence-corrected chi connectivity index (χ0v) is 12.0. The lowest BCUT2D eigenvalue weighted by Crippen LogP contribution is -2.30. The van der Waals surface area contributed by atoms with E-state index in [2.05, 4.69) is 25.4 Å². The molecule has 22 heavy (non-hydrogen) atoms. The van der Waals surface area contributed by atoms with Gasteiger partial charge in [-0.05, 0) is 24.1 Å². The fourth-order valence-corrected chi connectivity index (χ4v) is 2.19. The van der Waals surface area contributed by atoms with Gasteiger partial charge in [-0.1, -0.05) is 6.92 Å². The first-order valence-corrected chi connectivity index (χ1v) is 6.96. The van der Waals surface area contributed by atoms with Gasteiger partial charge in [0.15, 0.2) is 5.65 Å². The fraction of sp³-hybridized carbons (Fsp3) is 0.286. The van der Waals surface area contributed by atoms with Crippen molar-refractivity contribution in [2.75, 3.05) is 6.54 Å². The molecule has 0 aliphatic carbocycles. The molecule has 3 heterocycles. The van der Waals surface area contributed by atoms with Crippen LogP contribution < -0.4 is 11.0 Å². The molecular formula is C14H16N6O2. The first kappa shape index (κ1) is 14.1. The van der Waals surface area contributed by atoms with Crippen molar-refractivity contribution in [3.63, 3.8) is 0 Å². The summed E-state index contributed by atoms with van der Waals surface area (Å²) in [4.78, 5) is 32.5. The van der Waals surface area contributed by atoms with Crippen LogP contribution >= 0.6 is 0 Å². The molecule has 1 amide bonds. The zero-order chi connectivity index (χ0) is 15.5. The van der Waals surface area contributed by atoms with Crippen LogP contribution in [0.15, 0.2) is 35.4 Å². The van der Waals surface area contributed by atoms with Crippen LogP contribution in [0.5, 0.6) is 0 Å². The molecule has 0 spiro atoms. The predicted octanol–water partition coefficient (Wildman–Crippen LogP) is 0.514. The van der Waals surface area contributed by atoms with Crippen LogP contribution in [0, 0.1) is 5.92 Å². The molecule has 0 aliphatic heterocycles. The van der Waals surface area contributed by atoms with Crippen molar-refractivity contribution in [1.29, 1.82) is 0 Å². The number of imidazole rings is 1. The molecule has 0 saturated heterocycles. The Bertz CT molecular complexity index is 833. The van der Waals surface area contributed by atoms with Gasteiger partial charge in [0.25, 0.3) is 5.91 Å². The van der Waals surface area contributed by atoms with Crippen molar-refractivity contribution in [2.45, 2.75) is 13.5 Å². The summed E-state index contributed by atoms with van der Waals surface area (Å²) in [5, 5.41) is 6.97. The molecule has 0 radical (unpaired) electrons. The number of carbonyl (C=O) groups is 1. The summed E-state index contributed by atoms with van der Waals surface area (Å²) >= 11 is 0. The number of nitrogens with zero attached hydrogens (tertiary/aromatic N) is 3. The van der Waals surface area contributed by atoms with Gasteiger partial charge in [-0.3, -0.25) is 14.5 Å². The number of nitrogens with one attached hydrogen (secondary N) is 3. The largest absolute Gasteiger partial charge is 0.350 e. The van der Waals surface area contributed by atoms with E-state index in [1.165, 1.54) is 0 Å². The first-order chi connectivity index (χ1) is 10.6. The molecule has 0 aromatic carbocycles. The minimum atomic E-state index is -0.340. The maximum atomic E-state index is 12.1. The average Bonchev–Trinajstić information content (AvgIpc) is 3.12. The van der Waals surface area contributed by atoms with Gasteiger partial charge in [-0.25, -0.2) is 9.78 Å². The van der Waals surface area contributed by atoms with E-state index in [0.717, 1.165) is 6.54 Å². The Balaban J connectivity index is 1.61. The molecule has 0 saturated carbocycles. The topological polar surface area (TPSA) is 108 Å². The van der Waals surface area contributed by atoms with Gasteiger partial charge >= 0.3 is 5.69 Å². The summed E-state index contributed by atoms with van der Waals surface area (Å²) in [5.74, 6) is -0.0316. The van der Waals surface area contributed by atoms with Crippen LogP contribution in [0.3, 0.4) is 0 Å². The lowest BCUT2D eigenvalue weighted by atomic mass is 10.2. The van der Waals surface area contributed by atoms with Crippen LogP contribution in [0.25, 0.3) is 11.2 Å². The molecular weight excluding hydrogens is 284 g/mol. The molecule has 3 aromatic rings. The van der Waals surface area contributed by atoms with Gasteiger partial charge in [0, 0.05) is 25.5 Å². The third-order valence-electron chi connectivity index (χ3n) is 3.28. The van der Waals surface area contributed by atoms with E-state index in [-0.39, 0.29) is 23.2 Å². The number of aromatic amines is 2. The van der Waals surface area contributed by atoms with E-state index in [0.29, 0.717) is 17.7 Å². The van der Waals surface area contributed by atoms with Crippen molar-refractivity contribution in [3.8, 4) is 0 Å². The molecule has 0 bridgehead atoms. The Labute approximate surface area is 125 Å². The van der Waals surface area contributed by atoms with Gasteiger partial charge in [0.1, 0.15) is 5.69 Å². The second kappa shape index (κ2) is 5.84. The van der Waals surface area contributed by atoms with Crippen molar-refractivity contribution >= 4 is 17.1 Å². The molecule has 114 valence electrons. The van der Waals surface area contributed by atoms with E-state index in [1.54, 1.807) is 18.3 Å². The van der Waals surface area contributed by atoms with Crippen LogP contribution in [-0.2, 0) is 6.54 Å². The van der Waals surface area contributed by atoms with Crippen molar-refractivity contribution in [1.82, 2.24) is 30.0 Å². The number of hydrogen-bond acceptors (Lipinski definition) is 4. The van der Waals surface area contributed by atoms with E-state index in [4.69, 9.17) is 0 Å². The fourth-order valence-electron chi connectivity index (χ4n) is 2.19. The molecule has 3 aromatic heterocycles. The third-order valence-corrected chi connectivity index (χ3v) is 3.28. The van der Waals surface area contributed by atoms with E-state index >= 15 is 0 Å². The minimum Gasteiger partial charge on any atom is -0.350 e. The molecule has 3 rings (SSSR count). The Hall–Kier alpha value is -2.90. The van der Waals surface area contributed by atoms with Gasteiger partial charge in [0.2, 0.25) is 0 Å². The Morgan fingerprint density at radius 2 is 2.27 bits per heavy atom. The standard InChI is InChI=1S/C14H16N6O2/c1-9(8-20-6-2-5-16-20)7-15-13(21)11-4-3-10-12(17-11)19-14(22)18-10/h2-6,9H,7-8H2,1H3,(H,15,21)(H2,17,18,19,22)/t9-/m0/s1. The maximum Gasteiger partial charge on any atom is 0.325 e. The molecule has 0 aliphatic rings. The highest BCUT2D eigenvalue weighted by molar-refractivity contribution is 5.93. The first-order valence-electron chi connectivity index (χ1n) is 6.96. The number of carbonyl (C=O) groups excluding carboxylic acids is 1. The number of H-pyrrole nitrogens is 2. The number of hydrogen-bond donors (Lipinski definition) is 3. The van der Waals surface area contributed by atoms with Crippen molar-refractivity contribution < 1.29 is 4.79 Å². The van der Waals surface area contributed by atoms with Gasteiger partial charge < -0.3 is 10.3 Å². The van der Waals surface area contributed by atoms with Crippen molar-refractivity contribution in [3.05, 3.63) is 46.8 Å². The predicted molar refractivity (Wildman–Crippen MR) is 80.4 cm³/mol. The van der Waals surface area contributed by atoms with Crippen LogP contribution in [0.4, 0.5) is 0 Å². The zero-order valence-electron chi connectivity index (χ0n) is 12.0.